The van der Waals surface area contributed by atoms with E-state index >= 15 is 0 Å². The van der Waals surface area contributed by atoms with Crippen LogP contribution in [0.3, 0.4) is 0 Å². The van der Waals surface area contributed by atoms with Crippen LogP contribution in [0.25, 0.3) is 11.8 Å². The van der Waals surface area contributed by atoms with Crippen LogP contribution >= 0.6 is 11.6 Å². The molecule has 6 nitrogen and oxygen atoms in total. The number of carbonyl (C=O) groups excluding carboxylic acids is 2. The first-order chi connectivity index (χ1) is 13.9. The highest BCUT2D eigenvalue weighted by atomic mass is 35.5. The zero-order valence-corrected chi connectivity index (χ0v) is 17.2. The number of amides is 1. The van der Waals surface area contributed by atoms with Crippen molar-refractivity contribution in [2.45, 2.75) is 39.2 Å². The van der Waals surface area contributed by atoms with Gasteiger partial charge in [-0.25, -0.2) is 13.9 Å². The number of benzene rings is 1. The molecule has 3 rings (SSSR count). The maximum atomic E-state index is 13.1. The lowest BCUT2D eigenvalue weighted by Gasteiger charge is -2.33. The summed E-state index contributed by atoms with van der Waals surface area (Å²) in [6.07, 6.45) is 5.77. The second-order valence-corrected chi connectivity index (χ2v) is 7.41. The van der Waals surface area contributed by atoms with Gasteiger partial charge in [-0.15, -0.1) is 0 Å². The van der Waals surface area contributed by atoms with Crippen molar-refractivity contribution in [1.29, 1.82) is 0 Å². The summed E-state index contributed by atoms with van der Waals surface area (Å²) < 4.78 is 19.7. The monoisotopic (exact) mass is 419 g/mol. The summed E-state index contributed by atoms with van der Waals surface area (Å²) in [7, 11) is 0. The van der Waals surface area contributed by atoms with Gasteiger partial charge in [0.2, 0.25) is 0 Å². The Bertz CT molecular complexity index is 924. The van der Waals surface area contributed by atoms with Crippen LogP contribution in [0, 0.1) is 12.7 Å². The average molecular weight is 420 g/mol. The van der Waals surface area contributed by atoms with Crippen molar-refractivity contribution in [3.8, 4) is 5.69 Å². The Morgan fingerprint density at radius 3 is 2.72 bits per heavy atom. The number of rotatable bonds is 5. The number of aryl methyl sites for hydroxylation is 1. The molecule has 0 saturated carbocycles. The Kier molecular flexibility index (Phi) is 6.69. The fraction of sp³-hybridized carbons (Fsp3) is 0.381. The van der Waals surface area contributed by atoms with Crippen LogP contribution in [0.1, 0.15) is 37.4 Å². The molecule has 1 saturated heterocycles. The number of ether oxygens (including phenoxy) is 1. The van der Waals surface area contributed by atoms with Crippen molar-refractivity contribution in [3.05, 3.63) is 52.6 Å². The van der Waals surface area contributed by atoms with Gasteiger partial charge in [-0.2, -0.15) is 5.10 Å². The number of esters is 1. The van der Waals surface area contributed by atoms with Gasteiger partial charge in [0.1, 0.15) is 11.0 Å². The Hall–Kier alpha value is -2.67. The second kappa shape index (κ2) is 9.22. The highest BCUT2D eigenvalue weighted by Gasteiger charge is 2.23. The molecule has 1 aliphatic rings. The van der Waals surface area contributed by atoms with E-state index in [4.69, 9.17) is 16.3 Å². The lowest BCUT2D eigenvalue weighted by atomic mass is 10.0. The van der Waals surface area contributed by atoms with Gasteiger partial charge in [0.15, 0.2) is 6.61 Å². The molecule has 0 spiro atoms. The molecule has 1 aliphatic heterocycles. The number of nitrogens with zero attached hydrogens (tertiary/aromatic N) is 3. The van der Waals surface area contributed by atoms with Crippen molar-refractivity contribution in [2.75, 3.05) is 13.2 Å². The van der Waals surface area contributed by atoms with E-state index in [9.17, 15) is 14.0 Å². The van der Waals surface area contributed by atoms with E-state index < -0.39 is 5.97 Å². The summed E-state index contributed by atoms with van der Waals surface area (Å²) in [6, 6.07) is 5.92. The van der Waals surface area contributed by atoms with Gasteiger partial charge in [0, 0.05) is 24.2 Å². The van der Waals surface area contributed by atoms with E-state index in [1.54, 1.807) is 24.0 Å². The van der Waals surface area contributed by atoms with Crippen LogP contribution in [-0.4, -0.2) is 45.8 Å². The smallest absolute Gasteiger partial charge is 0.331 e. The van der Waals surface area contributed by atoms with Gasteiger partial charge in [-0.3, -0.25) is 4.79 Å². The molecule has 1 atom stereocenters. The summed E-state index contributed by atoms with van der Waals surface area (Å²) in [5.74, 6) is -1.17. The van der Waals surface area contributed by atoms with E-state index in [0.29, 0.717) is 23.5 Å². The zero-order chi connectivity index (χ0) is 21.0. The van der Waals surface area contributed by atoms with Gasteiger partial charge in [0.25, 0.3) is 5.91 Å². The lowest BCUT2D eigenvalue weighted by Crippen LogP contribution is -2.44. The van der Waals surface area contributed by atoms with Crippen LogP contribution in [0.4, 0.5) is 4.39 Å². The minimum atomic E-state index is -0.631. The first-order valence-electron chi connectivity index (χ1n) is 9.52. The molecule has 2 aromatic rings. The number of likely N-dealkylation sites (tertiary alicyclic amines) is 1. The number of carbonyl (C=O) groups is 2. The van der Waals surface area contributed by atoms with E-state index in [1.807, 2.05) is 6.92 Å². The summed E-state index contributed by atoms with van der Waals surface area (Å²) in [5, 5.41) is 4.62. The van der Waals surface area contributed by atoms with Gasteiger partial charge in [0.05, 0.1) is 11.4 Å². The number of aromatic nitrogens is 2. The normalized spacial score (nSPS) is 17.0. The van der Waals surface area contributed by atoms with Crippen LogP contribution in [0.2, 0.25) is 5.15 Å². The lowest BCUT2D eigenvalue weighted by molar-refractivity contribution is -0.149. The summed E-state index contributed by atoms with van der Waals surface area (Å²) >= 11 is 6.38. The molecule has 0 unspecified atom stereocenters. The SMILES string of the molecule is Cc1nn(-c2ccc(F)cc2)c(Cl)c1/C=C/C(=O)OCC(=O)N1CCCC[C@H]1C. The maximum Gasteiger partial charge on any atom is 0.331 e. The molecule has 1 amide bonds. The number of hydrogen-bond acceptors (Lipinski definition) is 4. The minimum Gasteiger partial charge on any atom is -0.452 e. The van der Waals surface area contributed by atoms with Crippen LogP contribution in [0.5, 0.6) is 0 Å². The van der Waals surface area contributed by atoms with Crippen molar-refractivity contribution in [1.82, 2.24) is 14.7 Å². The fourth-order valence-corrected chi connectivity index (χ4v) is 3.67. The largest absolute Gasteiger partial charge is 0.452 e. The second-order valence-electron chi connectivity index (χ2n) is 7.05. The van der Waals surface area contributed by atoms with Crippen molar-refractivity contribution in [2.24, 2.45) is 0 Å². The van der Waals surface area contributed by atoms with Gasteiger partial charge >= 0.3 is 5.97 Å². The van der Waals surface area contributed by atoms with E-state index in [0.717, 1.165) is 19.3 Å². The average Bonchev–Trinajstić information content (AvgIpc) is 2.99. The molecule has 29 heavy (non-hydrogen) atoms. The van der Waals surface area contributed by atoms with Crippen LogP contribution in [0.15, 0.2) is 30.3 Å². The van der Waals surface area contributed by atoms with Gasteiger partial charge in [-0.05, 0) is 63.5 Å². The molecule has 1 aromatic carbocycles. The summed E-state index contributed by atoms with van der Waals surface area (Å²) in [5.41, 5.74) is 1.74. The number of halogens is 2. The molecule has 0 aliphatic carbocycles. The first kappa shape index (κ1) is 21.0. The molecular weight excluding hydrogens is 397 g/mol. The topological polar surface area (TPSA) is 64.4 Å². The number of piperidine rings is 1. The molecule has 0 radical (unpaired) electrons. The predicted octanol–water partition coefficient (Wildman–Crippen LogP) is 3.93. The van der Waals surface area contributed by atoms with Gasteiger partial charge in [-0.1, -0.05) is 11.6 Å². The first-order valence-corrected chi connectivity index (χ1v) is 9.90. The Morgan fingerprint density at radius 2 is 2.03 bits per heavy atom. The molecule has 2 heterocycles. The molecule has 8 heteroatoms. The Morgan fingerprint density at radius 1 is 1.31 bits per heavy atom. The standard InChI is InChI=1S/C21H23ClFN3O3/c1-14-5-3-4-12-25(14)19(27)13-29-20(28)11-10-18-15(2)24-26(21(18)22)17-8-6-16(23)7-9-17/h6-11,14H,3-5,12-13H2,1-2H3/b11-10+/t14-/m1/s1. The predicted molar refractivity (Wildman–Crippen MR) is 108 cm³/mol. The highest BCUT2D eigenvalue weighted by molar-refractivity contribution is 6.31. The maximum absolute atomic E-state index is 13.1. The minimum absolute atomic E-state index is 0.171. The van der Waals surface area contributed by atoms with Crippen molar-refractivity contribution < 1.29 is 18.7 Å². The molecule has 0 bridgehead atoms. The molecular formula is C21H23ClFN3O3. The number of hydrogen-bond donors (Lipinski definition) is 0. The molecule has 1 fully saturated rings. The van der Waals surface area contributed by atoms with Crippen LogP contribution in [-0.2, 0) is 14.3 Å². The highest BCUT2D eigenvalue weighted by Crippen LogP contribution is 2.25. The molecule has 0 N–H and O–H groups in total. The van der Waals surface area contributed by atoms with E-state index in [2.05, 4.69) is 5.10 Å². The quantitative estimate of drug-likeness (QED) is 0.544. The van der Waals surface area contributed by atoms with Crippen molar-refractivity contribution in [3.63, 3.8) is 0 Å². The van der Waals surface area contributed by atoms with E-state index in [1.165, 1.54) is 29.0 Å². The van der Waals surface area contributed by atoms with E-state index in [-0.39, 0.29) is 29.5 Å². The molecule has 154 valence electrons. The fourth-order valence-electron chi connectivity index (χ4n) is 3.34. The Balaban J connectivity index is 1.63. The molecule has 1 aromatic heterocycles. The van der Waals surface area contributed by atoms with Crippen LogP contribution < -0.4 is 0 Å². The van der Waals surface area contributed by atoms with Crippen molar-refractivity contribution >= 4 is 29.6 Å². The van der Waals surface area contributed by atoms with Gasteiger partial charge < -0.3 is 9.64 Å². The third-order valence-corrected chi connectivity index (χ3v) is 5.33. The summed E-state index contributed by atoms with van der Waals surface area (Å²) in [4.78, 5) is 26.0. The third-order valence-electron chi connectivity index (χ3n) is 4.97. The third kappa shape index (κ3) is 5.03. The Labute approximate surface area is 173 Å². The summed E-state index contributed by atoms with van der Waals surface area (Å²) in [6.45, 7) is 4.17. The zero-order valence-electron chi connectivity index (χ0n) is 16.4.